The Morgan fingerprint density at radius 1 is 0.725 bits per heavy atom. The lowest BCUT2D eigenvalue weighted by Crippen LogP contribution is -2.37. The first-order chi connectivity index (χ1) is 18.9. The van der Waals surface area contributed by atoms with E-state index in [0.29, 0.717) is 17.6 Å². The summed E-state index contributed by atoms with van der Waals surface area (Å²) in [6, 6.07) is 0. The zero-order chi connectivity index (χ0) is 30.1. The number of likely N-dealkylation sites (N-methyl/N-ethyl adjacent to an activating group) is 1. The summed E-state index contributed by atoms with van der Waals surface area (Å²) in [6.07, 6.45) is 19.4. The quantitative estimate of drug-likeness (QED) is 0.0324. The number of hydrogen-bond donors (Lipinski definition) is 1. The van der Waals surface area contributed by atoms with E-state index < -0.39 is 19.9 Å². The van der Waals surface area contributed by atoms with Crippen LogP contribution in [0.25, 0.3) is 0 Å². The van der Waals surface area contributed by atoms with E-state index in [4.69, 9.17) is 18.5 Å². The first kappa shape index (κ1) is 39.2. The molecule has 0 aromatic rings. The van der Waals surface area contributed by atoms with Gasteiger partial charge in [-0.05, 0) is 13.3 Å². The number of nitrogens with zero attached hydrogens (tertiary/aromatic N) is 1. The molecule has 0 rings (SSSR count). The number of hydrogen-bond acceptors (Lipinski definition) is 7. The molecule has 0 aliphatic rings. The third kappa shape index (κ3) is 28.7. The van der Waals surface area contributed by atoms with E-state index in [1.165, 1.54) is 96.8 Å². The predicted octanol–water partition coefficient (Wildman–Crippen LogP) is 7.00. The van der Waals surface area contributed by atoms with Gasteiger partial charge in [-0.15, -0.1) is 0 Å². The molecule has 2 atom stereocenters. The van der Waals surface area contributed by atoms with Crippen LogP contribution in [0.2, 0.25) is 0 Å². The highest BCUT2D eigenvalue weighted by atomic mass is 31.2. The summed E-state index contributed by atoms with van der Waals surface area (Å²) < 4.78 is 33.7. The van der Waals surface area contributed by atoms with Gasteiger partial charge in [0, 0.05) is 6.61 Å². The SMILES string of the molecule is CCCCCCCCCCCCCCCCCCOCC(COP(=O)(O)OCC[N+](C)(C)C)OC(=O)CC(C)=O. The molecule has 0 saturated heterocycles. The van der Waals surface area contributed by atoms with E-state index in [-0.39, 0.29) is 32.0 Å². The minimum absolute atomic E-state index is 0.0151. The molecule has 0 aliphatic heterocycles. The summed E-state index contributed by atoms with van der Waals surface area (Å²) >= 11 is 0. The molecular formula is C30H61NO8P+. The van der Waals surface area contributed by atoms with Crippen molar-refractivity contribution in [3.63, 3.8) is 0 Å². The number of ether oxygens (including phenoxy) is 2. The van der Waals surface area contributed by atoms with Crippen molar-refractivity contribution in [3.05, 3.63) is 0 Å². The van der Waals surface area contributed by atoms with Crippen molar-refractivity contribution in [2.45, 2.75) is 129 Å². The number of rotatable bonds is 29. The molecule has 0 heterocycles. The van der Waals surface area contributed by atoms with Crippen LogP contribution in [0, 0.1) is 0 Å². The van der Waals surface area contributed by atoms with Crippen LogP contribution in [0.4, 0.5) is 0 Å². The minimum Gasteiger partial charge on any atom is -0.457 e. The number of quaternary nitrogens is 1. The number of phosphoric ester groups is 1. The van der Waals surface area contributed by atoms with Crippen LogP contribution in [0.1, 0.15) is 123 Å². The van der Waals surface area contributed by atoms with Crippen molar-refractivity contribution in [2.75, 3.05) is 54.1 Å². The van der Waals surface area contributed by atoms with Gasteiger partial charge in [0.1, 0.15) is 31.5 Å². The lowest BCUT2D eigenvalue weighted by molar-refractivity contribution is -0.870. The third-order valence-electron chi connectivity index (χ3n) is 6.58. The molecule has 0 spiro atoms. The normalized spacial score (nSPS) is 14.2. The van der Waals surface area contributed by atoms with Crippen LogP contribution in [0.15, 0.2) is 0 Å². The Labute approximate surface area is 244 Å². The number of Topliss-reactive ketones (excluding diaryl/α,β-unsaturated/α-hetero) is 1. The van der Waals surface area contributed by atoms with Crippen LogP contribution < -0.4 is 0 Å². The summed E-state index contributed by atoms with van der Waals surface area (Å²) in [5, 5.41) is 0. The van der Waals surface area contributed by atoms with E-state index >= 15 is 0 Å². The van der Waals surface area contributed by atoms with Crippen LogP contribution in [-0.4, -0.2) is 81.3 Å². The second kappa shape index (κ2) is 24.7. The molecule has 0 bridgehead atoms. The largest absolute Gasteiger partial charge is 0.472 e. The lowest BCUT2D eigenvalue weighted by atomic mass is 10.0. The second-order valence-corrected chi connectivity index (χ2v) is 13.4. The Kier molecular flexibility index (Phi) is 24.2. The van der Waals surface area contributed by atoms with Crippen LogP contribution in [0.5, 0.6) is 0 Å². The average Bonchev–Trinajstić information content (AvgIpc) is 2.85. The van der Waals surface area contributed by atoms with Gasteiger partial charge in [-0.3, -0.25) is 18.6 Å². The number of phosphoric acid groups is 1. The summed E-state index contributed by atoms with van der Waals surface area (Å²) in [4.78, 5) is 33.1. The highest BCUT2D eigenvalue weighted by Crippen LogP contribution is 2.43. The summed E-state index contributed by atoms with van der Waals surface area (Å²) in [5.41, 5.74) is 0. The van der Waals surface area contributed by atoms with Gasteiger partial charge in [0.05, 0.1) is 34.4 Å². The highest BCUT2D eigenvalue weighted by molar-refractivity contribution is 7.47. The Morgan fingerprint density at radius 2 is 1.20 bits per heavy atom. The third-order valence-corrected chi connectivity index (χ3v) is 7.56. The van der Waals surface area contributed by atoms with Crippen molar-refractivity contribution in [3.8, 4) is 0 Å². The van der Waals surface area contributed by atoms with E-state index in [2.05, 4.69) is 6.92 Å². The molecule has 0 saturated carbocycles. The molecule has 9 nitrogen and oxygen atoms in total. The summed E-state index contributed by atoms with van der Waals surface area (Å²) in [6.45, 7) is 4.27. The fourth-order valence-electron chi connectivity index (χ4n) is 4.16. The van der Waals surface area contributed by atoms with Gasteiger partial charge >= 0.3 is 13.8 Å². The smallest absolute Gasteiger partial charge is 0.457 e. The zero-order valence-electron chi connectivity index (χ0n) is 26.3. The first-order valence-electron chi connectivity index (χ1n) is 15.6. The Hall–Kier alpha value is -0.830. The number of carbonyl (C=O) groups is 2. The van der Waals surface area contributed by atoms with Gasteiger partial charge in [-0.25, -0.2) is 4.57 Å². The molecule has 0 aliphatic carbocycles. The number of esters is 1. The summed E-state index contributed by atoms with van der Waals surface area (Å²) in [7, 11) is 1.51. The fraction of sp³-hybridized carbons (Fsp3) is 0.933. The molecule has 0 aromatic carbocycles. The molecule has 1 N–H and O–H groups in total. The van der Waals surface area contributed by atoms with E-state index in [9.17, 15) is 19.0 Å². The van der Waals surface area contributed by atoms with Crippen LogP contribution >= 0.6 is 7.82 Å². The van der Waals surface area contributed by atoms with Gasteiger partial charge in [0.25, 0.3) is 0 Å². The zero-order valence-corrected chi connectivity index (χ0v) is 27.2. The van der Waals surface area contributed by atoms with Gasteiger partial charge in [-0.1, -0.05) is 103 Å². The molecule has 238 valence electrons. The average molecular weight is 595 g/mol. The maximum absolute atomic E-state index is 12.2. The Morgan fingerprint density at radius 3 is 1.65 bits per heavy atom. The maximum atomic E-state index is 12.2. The van der Waals surface area contributed by atoms with E-state index in [0.717, 1.165) is 12.8 Å². The molecule has 0 amide bonds. The van der Waals surface area contributed by atoms with Crippen molar-refractivity contribution in [1.29, 1.82) is 0 Å². The number of carbonyl (C=O) groups excluding carboxylic acids is 2. The molecule has 0 aromatic heterocycles. The molecular weight excluding hydrogens is 533 g/mol. The van der Waals surface area contributed by atoms with Gasteiger partial charge in [-0.2, -0.15) is 0 Å². The molecule has 0 fully saturated rings. The monoisotopic (exact) mass is 594 g/mol. The molecule has 0 radical (unpaired) electrons. The van der Waals surface area contributed by atoms with E-state index in [1.807, 2.05) is 21.1 Å². The Bertz CT molecular complexity index is 683. The number of ketones is 1. The maximum Gasteiger partial charge on any atom is 0.472 e. The van der Waals surface area contributed by atoms with Crippen LogP contribution in [0.3, 0.4) is 0 Å². The van der Waals surface area contributed by atoms with Crippen molar-refractivity contribution in [1.82, 2.24) is 0 Å². The fourth-order valence-corrected chi connectivity index (χ4v) is 4.90. The summed E-state index contributed by atoms with van der Waals surface area (Å²) in [5.74, 6) is -1.04. The molecule has 40 heavy (non-hydrogen) atoms. The highest BCUT2D eigenvalue weighted by Gasteiger charge is 2.26. The van der Waals surface area contributed by atoms with Gasteiger partial charge in [0.15, 0.2) is 0 Å². The number of unbranched alkanes of at least 4 members (excludes halogenated alkanes) is 15. The van der Waals surface area contributed by atoms with Gasteiger partial charge < -0.3 is 18.9 Å². The van der Waals surface area contributed by atoms with Gasteiger partial charge in [0.2, 0.25) is 0 Å². The van der Waals surface area contributed by atoms with Crippen molar-refractivity contribution in [2.24, 2.45) is 0 Å². The molecule has 10 heteroatoms. The second-order valence-electron chi connectivity index (χ2n) is 12.0. The Balaban J connectivity index is 3.98. The standard InChI is InChI=1S/C30H60NO8P/c1-6-7-8-9-10-11-12-13-14-15-16-17-18-19-20-21-23-36-26-29(39-30(33)25-28(2)32)27-38-40(34,35)37-24-22-31(3,4)5/h29H,6-27H2,1-5H3/p+1. The minimum atomic E-state index is -4.31. The lowest BCUT2D eigenvalue weighted by Gasteiger charge is -2.24. The predicted molar refractivity (Wildman–Crippen MR) is 160 cm³/mol. The first-order valence-corrected chi connectivity index (χ1v) is 17.1. The van der Waals surface area contributed by atoms with Crippen LogP contribution in [-0.2, 0) is 32.7 Å². The van der Waals surface area contributed by atoms with Crippen molar-refractivity contribution < 1.29 is 42.1 Å². The van der Waals surface area contributed by atoms with Crippen molar-refractivity contribution >= 4 is 19.6 Å². The van der Waals surface area contributed by atoms with E-state index in [1.54, 1.807) is 0 Å². The molecule has 2 unspecified atom stereocenters. The topological polar surface area (TPSA) is 108 Å².